The second-order valence-electron chi connectivity index (χ2n) is 5.53. The quantitative estimate of drug-likeness (QED) is 0.920. The van der Waals surface area contributed by atoms with Crippen LogP contribution in [0.4, 0.5) is 0 Å². The lowest BCUT2D eigenvalue weighted by atomic mass is 9.96. The summed E-state index contributed by atoms with van der Waals surface area (Å²) < 4.78 is 1.42. The Labute approximate surface area is 119 Å². The number of benzene rings is 1. The van der Waals surface area contributed by atoms with Crippen molar-refractivity contribution in [3.63, 3.8) is 0 Å². The van der Waals surface area contributed by atoms with Crippen molar-refractivity contribution in [2.75, 3.05) is 26.7 Å². The number of fused-ring (bicyclic) bond motifs is 1. The minimum Gasteiger partial charge on any atom is -0.319 e. The maximum absolute atomic E-state index is 3.31. The summed E-state index contributed by atoms with van der Waals surface area (Å²) in [6, 6.07) is 8.77. The van der Waals surface area contributed by atoms with Crippen molar-refractivity contribution in [3.05, 3.63) is 35.2 Å². The first-order valence-corrected chi connectivity index (χ1v) is 8.07. The summed E-state index contributed by atoms with van der Waals surface area (Å²) in [5, 5.41) is 7.09. The number of piperidine rings is 1. The minimum atomic E-state index is 0.875. The zero-order valence-electron chi connectivity index (χ0n) is 11.6. The standard InChI is InChI=1S/C16H22N2S/c1-17-10-13-6-8-18(9-7-13)11-14-12-19-16-5-3-2-4-15(14)16/h2-5,12-13,17H,6-11H2,1H3. The molecule has 0 unspecified atom stereocenters. The molecule has 1 fully saturated rings. The van der Waals surface area contributed by atoms with Crippen molar-refractivity contribution in [2.45, 2.75) is 19.4 Å². The maximum Gasteiger partial charge on any atom is 0.0346 e. The van der Waals surface area contributed by atoms with Gasteiger partial charge in [-0.05, 0) is 67.8 Å². The third-order valence-corrected chi connectivity index (χ3v) is 5.17. The number of hydrogen-bond acceptors (Lipinski definition) is 3. The lowest BCUT2D eigenvalue weighted by Gasteiger charge is -2.31. The van der Waals surface area contributed by atoms with Gasteiger partial charge in [-0.2, -0.15) is 0 Å². The summed E-state index contributed by atoms with van der Waals surface area (Å²) >= 11 is 1.87. The number of rotatable bonds is 4. The second kappa shape index (κ2) is 6.04. The molecule has 1 aliphatic rings. The predicted octanol–water partition coefficient (Wildman–Crippen LogP) is 3.33. The van der Waals surface area contributed by atoms with Crippen LogP contribution in [0.1, 0.15) is 18.4 Å². The smallest absolute Gasteiger partial charge is 0.0346 e. The van der Waals surface area contributed by atoms with Gasteiger partial charge in [0, 0.05) is 11.2 Å². The van der Waals surface area contributed by atoms with E-state index in [1.165, 1.54) is 48.1 Å². The second-order valence-corrected chi connectivity index (χ2v) is 6.45. The van der Waals surface area contributed by atoms with E-state index in [2.05, 4.69) is 46.9 Å². The van der Waals surface area contributed by atoms with Crippen molar-refractivity contribution < 1.29 is 0 Å². The molecule has 1 aromatic heterocycles. The Morgan fingerprint density at radius 2 is 2.05 bits per heavy atom. The Balaban J connectivity index is 1.63. The van der Waals surface area contributed by atoms with Crippen LogP contribution < -0.4 is 5.32 Å². The minimum absolute atomic E-state index is 0.875. The fourth-order valence-corrected chi connectivity index (χ4v) is 3.99. The molecular weight excluding hydrogens is 252 g/mol. The molecule has 1 aromatic carbocycles. The number of hydrogen-bond donors (Lipinski definition) is 1. The van der Waals surface area contributed by atoms with Crippen molar-refractivity contribution in [3.8, 4) is 0 Å². The number of likely N-dealkylation sites (tertiary alicyclic amines) is 1. The van der Waals surface area contributed by atoms with Gasteiger partial charge in [0.2, 0.25) is 0 Å². The molecule has 19 heavy (non-hydrogen) atoms. The van der Waals surface area contributed by atoms with Gasteiger partial charge in [-0.25, -0.2) is 0 Å². The van der Waals surface area contributed by atoms with Crippen LogP contribution >= 0.6 is 11.3 Å². The number of nitrogens with one attached hydrogen (secondary N) is 1. The SMILES string of the molecule is CNCC1CCN(Cc2csc3ccccc23)CC1. The first-order chi connectivity index (χ1) is 9.36. The Hall–Kier alpha value is -0.900. The molecule has 2 heterocycles. The van der Waals surface area contributed by atoms with Gasteiger partial charge in [-0.1, -0.05) is 18.2 Å². The van der Waals surface area contributed by atoms with E-state index in [1.807, 2.05) is 11.3 Å². The Morgan fingerprint density at radius 3 is 2.84 bits per heavy atom. The van der Waals surface area contributed by atoms with Crippen LogP contribution in [0.15, 0.2) is 29.6 Å². The molecule has 1 N–H and O–H groups in total. The summed E-state index contributed by atoms with van der Waals surface area (Å²) in [4.78, 5) is 2.61. The third-order valence-electron chi connectivity index (χ3n) is 4.16. The van der Waals surface area contributed by atoms with Gasteiger partial charge in [-0.15, -0.1) is 11.3 Å². The van der Waals surface area contributed by atoms with Gasteiger partial charge in [0.05, 0.1) is 0 Å². The number of nitrogens with zero attached hydrogens (tertiary/aromatic N) is 1. The van der Waals surface area contributed by atoms with Crippen LogP contribution in [0.5, 0.6) is 0 Å². The fourth-order valence-electron chi connectivity index (χ4n) is 3.03. The molecule has 0 aliphatic carbocycles. The van der Waals surface area contributed by atoms with E-state index >= 15 is 0 Å². The van der Waals surface area contributed by atoms with Crippen LogP contribution in [-0.4, -0.2) is 31.6 Å². The molecule has 2 nitrogen and oxygen atoms in total. The normalized spacial score (nSPS) is 18.2. The molecule has 0 spiro atoms. The van der Waals surface area contributed by atoms with Gasteiger partial charge >= 0.3 is 0 Å². The van der Waals surface area contributed by atoms with Gasteiger partial charge in [0.25, 0.3) is 0 Å². The van der Waals surface area contributed by atoms with Crippen LogP contribution in [-0.2, 0) is 6.54 Å². The number of thiophene rings is 1. The first kappa shape index (κ1) is 13.1. The highest BCUT2D eigenvalue weighted by Gasteiger charge is 2.19. The largest absolute Gasteiger partial charge is 0.319 e. The average Bonchev–Trinajstić information content (AvgIpc) is 2.85. The zero-order chi connectivity index (χ0) is 13.1. The zero-order valence-corrected chi connectivity index (χ0v) is 12.4. The highest BCUT2D eigenvalue weighted by Crippen LogP contribution is 2.28. The molecule has 0 radical (unpaired) electrons. The molecule has 1 aliphatic heterocycles. The Morgan fingerprint density at radius 1 is 1.26 bits per heavy atom. The molecule has 102 valence electrons. The van der Waals surface area contributed by atoms with Gasteiger partial charge in [-0.3, -0.25) is 4.90 Å². The van der Waals surface area contributed by atoms with Crippen molar-refractivity contribution >= 4 is 21.4 Å². The molecule has 2 aromatic rings. The Bertz CT molecular complexity index is 526. The summed E-state index contributed by atoms with van der Waals surface area (Å²) in [6.07, 6.45) is 2.67. The van der Waals surface area contributed by atoms with E-state index in [1.54, 1.807) is 0 Å². The van der Waals surface area contributed by atoms with E-state index in [-0.39, 0.29) is 0 Å². The van der Waals surface area contributed by atoms with Crippen LogP contribution in [0, 0.1) is 5.92 Å². The topological polar surface area (TPSA) is 15.3 Å². The summed E-state index contributed by atoms with van der Waals surface area (Å²) in [7, 11) is 2.06. The highest BCUT2D eigenvalue weighted by molar-refractivity contribution is 7.17. The molecule has 0 bridgehead atoms. The molecule has 0 amide bonds. The maximum atomic E-state index is 3.31. The lowest BCUT2D eigenvalue weighted by molar-refractivity contribution is 0.177. The summed E-state index contributed by atoms with van der Waals surface area (Å²) in [5.41, 5.74) is 1.51. The highest BCUT2D eigenvalue weighted by atomic mass is 32.1. The van der Waals surface area contributed by atoms with E-state index in [0.29, 0.717) is 0 Å². The van der Waals surface area contributed by atoms with Crippen LogP contribution in [0.2, 0.25) is 0 Å². The summed E-state index contributed by atoms with van der Waals surface area (Å²) in [5.74, 6) is 0.875. The van der Waals surface area contributed by atoms with Crippen molar-refractivity contribution in [1.29, 1.82) is 0 Å². The van der Waals surface area contributed by atoms with Gasteiger partial charge in [0.15, 0.2) is 0 Å². The first-order valence-electron chi connectivity index (χ1n) is 7.19. The van der Waals surface area contributed by atoms with E-state index in [9.17, 15) is 0 Å². The molecular formula is C16H22N2S. The van der Waals surface area contributed by atoms with E-state index in [0.717, 1.165) is 12.5 Å². The van der Waals surface area contributed by atoms with Gasteiger partial charge < -0.3 is 5.32 Å². The summed E-state index contributed by atoms with van der Waals surface area (Å²) in [6.45, 7) is 4.79. The van der Waals surface area contributed by atoms with Crippen LogP contribution in [0.25, 0.3) is 10.1 Å². The monoisotopic (exact) mass is 274 g/mol. The molecule has 0 saturated carbocycles. The van der Waals surface area contributed by atoms with E-state index < -0.39 is 0 Å². The van der Waals surface area contributed by atoms with E-state index in [4.69, 9.17) is 0 Å². The van der Waals surface area contributed by atoms with Gasteiger partial charge in [0.1, 0.15) is 0 Å². The molecule has 0 atom stereocenters. The average molecular weight is 274 g/mol. The fraction of sp³-hybridized carbons (Fsp3) is 0.500. The van der Waals surface area contributed by atoms with Crippen molar-refractivity contribution in [1.82, 2.24) is 10.2 Å². The van der Waals surface area contributed by atoms with Crippen LogP contribution in [0.3, 0.4) is 0 Å². The predicted molar refractivity (Wildman–Crippen MR) is 83.8 cm³/mol. The molecule has 3 rings (SSSR count). The lowest BCUT2D eigenvalue weighted by Crippen LogP contribution is -2.36. The molecule has 3 heteroatoms. The molecule has 1 saturated heterocycles. The Kier molecular flexibility index (Phi) is 4.16. The van der Waals surface area contributed by atoms with Crippen molar-refractivity contribution in [2.24, 2.45) is 5.92 Å². The third kappa shape index (κ3) is 2.99.